The van der Waals surface area contributed by atoms with Crippen molar-refractivity contribution in [1.82, 2.24) is 14.8 Å². The van der Waals surface area contributed by atoms with E-state index in [-0.39, 0.29) is 22.0 Å². The highest BCUT2D eigenvalue weighted by atomic mass is 35.5. The Kier molecular flexibility index (Phi) is 4.59. The predicted molar refractivity (Wildman–Crippen MR) is 80.1 cm³/mol. The van der Waals surface area contributed by atoms with Crippen molar-refractivity contribution in [3.63, 3.8) is 0 Å². The summed E-state index contributed by atoms with van der Waals surface area (Å²) in [6.07, 6.45) is 0.744. The molecule has 1 heterocycles. The van der Waals surface area contributed by atoms with Gasteiger partial charge in [0.2, 0.25) is 0 Å². The molecule has 0 bridgehead atoms. The summed E-state index contributed by atoms with van der Waals surface area (Å²) in [5, 5.41) is 16.1. The number of nitrogens with two attached hydrogens (primary N) is 1. The molecule has 4 N–H and O–H groups in total. The Balaban J connectivity index is 2.49. The van der Waals surface area contributed by atoms with E-state index in [1.165, 1.54) is 16.7 Å². The lowest BCUT2D eigenvalue weighted by atomic mass is 10.2. The molecule has 0 radical (unpaired) electrons. The van der Waals surface area contributed by atoms with Crippen LogP contribution in [0.5, 0.6) is 0 Å². The molecule has 9 heteroatoms. The van der Waals surface area contributed by atoms with Gasteiger partial charge in [0.1, 0.15) is 0 Å². The lowest BCUT2D eigenvalue weighted by Crippen LogP contribution is -2.17. The van der Waals surface area contributed by atoms with Crippen molar-refractivity contribution in [1.29, 1.82) is 0 Å². The van der Waals surface area contributed by atoms with Gasteiger partial charge in [-0.05, 0) is 30.3 Å². The second-order valence-electron chi connectivity index (χ2n) is 4.25. The molecular formula is C12H13ClN4O3S. The number of aromatic nitrogens is 3. The fraction of sp³-hybridized carbons (Fsp3) is 0.250. The van der Waals surface area contributed by atoms with Gasteiger partial charge in [-0.25, -0.2) is 14.7 Å². The van der Waals surface area contributed by atoms with E-state index in [9.17, 15) is 14.7 Å². The summed E-state index contributed by atoms with van der Waals surface area (Å²) < 4.78 is 1.43. The highest BCUT2D eigenvalue weighted by Crippen LogP contribution is 2.36. The number of carboxylic acid groups (broad SMARTS) is 1. The number of nitrogens with one attached hydrogen (secondary N) is 1. The maximum Gasteiger partial charge on any atom is 0.343 e. The molecule has 1 aromatic heterocycles. The normalized spacial score (nSPS) is 10.8. The van der Waals surface area contributed by atoms with Gasteiger partial charge in [-0.1, -0.05) is 18.5 Å². The molecule has 0 spiro atoms. The van der Waals surface area contributed by atoms with Crippen LogP contribution in [0.15, 0.2) is 27.0 Å². The van der Waals surface area contributed by atoms with Gasteiger partial charge in [-0.2, -0.15) is 0 Å². The first kappa shape index (κ1) is 15.5. The number of aromatic amines is 1. The topological polar surface area (TPSA) is 114 Å². The van der Waals surface area contributed by atoms with E-state index in [4.69, 9.17) is 17.3 Å². The quantitative estimate of drug-likeness (QED) is 0.724. The number of benzene rings is 1. The van der Waals surface area contributed by atoms with Crippen LogP contribution < -0.4 is 11.4 Å². The summed E-state index contributed by atoms with van der Waals surface area (Å²) in [6, 6.07) is 2.79. The highest BCUT2D eigenvalue weighted by molar-refractivity contribution is 7.99. The van der Waals surface area contributed by atoms with Crippen molar-refractivity contribution in [3.05, 3.63) is 33.2 Å². The van der Waals surface area contributed by atoms with Crippen molar-refractivity contribution < 1.29 is 9.90 Å². The zero-order valence-electron chi connectivity index (χ0n) is 11.1. The molecule has 112 valence electrons. The molecule has 21 heavy (non-hydrogen) atoms. The van der Waals surface area contributed by atoms with Crippen LogP contribution in [0.1, 0.15) is 23.7 Å². The molecule has 1 aromatic carbocycles. The van der Waals surface area contributed by atoms with Gasteiger partial charge in [0.25, 0.3) is 0 Å². The van der Waals surface area contributed by atoms with Crippen LogP contribution in [0, 0.1) is 0 Å². The minimum absolute atomic E-state index is 0.0245. The van der Waals surface area contributed by atoms with Crippen LogP contribution in [-0.2, 0) is 6.54 Å². The Bertz CT molecular complexity index is 741. The maximum absolute atomic E-state index is 11.6. The monoisotopic (exact) mass is 328 g/mol. The summed E-state index contributed by atoms with van der Waals surface area (Å²) in [5.41, 5.74) is 5.50. The molecule has 0 saturated heterocycles. The second-order valence-corrected chi connectivity index (χ2v) is 5.63. The average Bonchev–Trinajstić information content (AvgIpc) is 2.74. The molecule has 0 amide bonds. The molecular weight excluding hydrogens is 316 g/mol. The van der Waals surface area contributed by atoms with Gasteiger partial charge in [0, 0.05) is 17.1 Å². The minimum Gasteiger partial charge on any atom is -0.478 e. The van der Waals surface area contributed by atoms with Gasteiger partial charge < -0.3 is 10.8 Å². The summed E-state index contributed by atoms with van der Waals surface area (Å²) in [5.74, 6) is -1.15. The largest absolute Gasteiger partial charge is 0.478 e. The van der Waals surface area contributed by atoms with Crippen molar-refractivity contribution in [3.8, 4) is 0 Å². The van der Waals surface area contributed by atoms with Gasteiger partial charge >= 0.3 is 11.7 Å². The number of nitrogen functional groups attached to an aromatic ring is 1. The van der Waals surface area contributed by atoms with Crippen LogP contribution >= 0.6 is 23.4 Å². The molecule has 2 aromatic rings. The third-order valence-electron chi connectivity index (χ3n) is 2.66. The molecule has 2 rings (SSSR count). The SMILES string of the molecule is CCCn1c(Sc2c(Cl)cc(N)cc2C(=O)O)n[nH]c1=O. The Morgan fingerprint density at radius 2 is 2.29 bits per heavy atom. The fourth-order valence-electron chi connectivity index (χ4n) is 1.77. The molecule has 0 fully saturated rings. The lowest BCUT2D eigenvalue weighted by Gasteiger charge is -2.09. The van der Waals surface area contributed by atoms with E-state index >= 15 is 0 Å². The third-order valence-corrected chi connectivity index (χ3v) is 4.21. The summed E-state index contributed by atoms with van der Waals surface area (Å²) in [6.45, 7) is 2.40. The molecule has 7 nitrogen and oxygen atoms in total. The van der Waals surface area contributed by atoms with Crippen molar-refractivity contribution >= 4 is 35.0 Å². The number of hydrogen-bond donors (Lipinski definition) is 3. The van der Waals surface area contributed by atoms with Crippen LogP contribution in [0.25, 0.3) is 0 Å². The van der Waals surface area contributed by atoms with Crippen LogP contribution in [0.3, 0.4) is 0 Å². The number of carboxylic acids is 1. The molecule has 0 atom stereocenters. The van der Waals surface area contributed by atoms with E-state index < -0.39 is 5.97 Å². The Hall–Kier alpha value is -1.93. The first-order valence-corrected chi connectivity index (χ1v) is 7.28. The predicted octanol–water partition coefficient (Wildman–Crippen LogP) is 2.07. The Labute approximate surface area is 129 Å². The first-order chi connectivity index (χ1) is 9.93. The summed E-state index contributed by atoms with van der Waals surface area (Å²) >= 11 is 7.09. The van der Waals surface area contributed by atoms with Gasteiger partial charge in [-0.3, -0.25) is 4.57 Å². The Morgan fingerprint density at radius 3 is 2.90 bits per heavy atom. The smallest absolute Gasteiger partial charge is 0.343 e. The summed E-state index contributed by atoms with van der Waals surface area (Å²) in [7, 11) is 0. The highest BCUT2D eigenvalue weighted by Gasteiger charge is 2.19. The number of aromatic carboxylic acids is 1. The van der Waals surface area contributed by atoms with E-state index in [2.05, 4.69) is 10.2 Å². The zero-order chi connectivity index (χ0) is 15.6. The zero-order valence-corrected chi connectivity index (χ0v) is 12.7. The van der Waals surface area contributed by atoms with Gasteiger partial charge in [-0.15, -0.1) is 5.10 Å². The van der Waals surface area contributed by atoms with Gasteiger partial charge in [0.05, 0.1) is 10.6 Å². The van der Waals surface area contributed by atoms with E-state index in [1.54, 1.807) is 0 Å². The van der Waals surface area contributed by atoms with Crippen molar-refractivity contribution in [2.45, 2.75) is 29.9 Å². The molecule has 0 aliphatic heterocycles. The third kappa shape index (κ3) is 3.22. The maximum atomic E-state index is 11.6. The Morgan fingerprint density at radius 1 is 1.57 bits per heavy atom. The van der Waals surface area contributed by atoms with Crippen LogP contribution in [0.4, 0.5) is 5.69 Å². The standard InChI is InChI=1S/C12H13ClN4O3S/c1-2-3-17-11(20)15-16-12(17)21-9-7(10(18)19)4-6(14)5-8(9)13/h4-5H,2-3,14H2,1H3,(H,15,20)(H,18,19). The lowest BCUT2D eigenvalue weighted by molar-refractivity contribution is 0.0693. The number of rotatable bonds is 5. The fourth-order valence-corrected chi connectivity index (χ4v) is 3.08. The summed E-state index contributed by atoms with van der Waals surface area (Å²) in [4.78, 5) is 23.2. The first-order valence-electron chi connectivity index (χ1n) is 6.09. The number of hydrogen-bond acceptors (Lipinski definition) is 5. The number of nitrogens with zero attached hydrogens (tertiary/aromatic N) is 2. The molecule has 0 aliphatic rings. The van der Waals surface area contributed by atoms with E-state index in [1.807, 2.05) is 6.92 Å². The minimum atomic E-state index is -1.15. The number of anilines is 1. The van der Waals surface area contributed by atoms with E-state index in [0.717, 1.165) is 18.2 Å². The second kappa shape index (κ2) is 6.23. The number of H-pyrrole nitrogens is 1. The van der Waals surface area contributed by atoms with Crippen LogP contribution in [0.2, 0.25) is 5.02 Å². The molecule has 0 unspecified atom stereocenters. The number of halogens is 1. The van der Waals surface area contributed by atoms with E-state index in [0.29, 0.717) is 16.6 Å². The molecule has 0 saturated carbocycles. The van der Waals surface area contributed by atoms with Crippen molar-refractivity contribution in [2.24, 2.45) is 0 Å². The van der Waals surface area contributed by atoms with Crippen molar-refractivity contribution in [2.75, 3.05) is 5.73 Å². The average molecular weight is 329 g/mol. The van der Waals surface area contributed by atoms with Gasteiger partial charge in [0.15, 0.2) is 5.16 Å². The van der Waals surface area contributed by atoms with Crippen LogP contribution in [-0.4, -0.2) is 25.8 Å². The number of carbonyl (C=O) groups is 1. The molecule has 0 aliphatic carbocycles.